The Morgan fingerprint density at radius 3 is 2.33 bits per heavy atom. The standard InChI is InChI=1S/C22H21FN2O4S/c1-15(21-3-2-14-29-21)25(19-10-11-19)22(26)16-4-8-18(9-5-16)24-30(27,28)20-12-6-17(23)7-13-20/h2-9,12-15,19,24H,10-11H2,1H3/t15-/m1/s1. The number of benzene rings is 2. The first-order valence-corrected chi connectivity index (χ1v) is 11.1. The first-order valence-electron chi connectivity index (χ1n) is 9.60. The summed E-state index contributed by atoms with van der Waals surface area (Å²) in [5, 5.41) is 0. The second-order valence-corrected chi connectivity index (χ2v) is 8.95. The van der Waals surface area contributed by atoms with Crippen LogP contribution in [0.25, 0.3) is 0 Å². The first-order chi connectivity index (χ1) is 14.3. The van der Waals surface area contributed by atoms with Crippen LogP contribution in [0.4, 0.5) is 10.1 Å². The second kappa shape index (κ2) is 7.95. The maximum absolute atomic E-state index is 13.1. The van der Waals surface area contributed by atoms with Crippen LogP contribution in [0.15, 0.2) is 76.2 Å². The molecule has 1 atom stereocenters. The van der Waals surface area contributed by atoms with Crippen molar-refractivity contribution in [2.24, 2.45) is 0 Å². The molecule has 6 nitrogen and oxygen atoms in total. The maximum atomic E-state index is 13.1. The largest absolute Gasteiger partial charge is 0.467 e. The van der Waals surface area contributed by atoms with Crippen LogP contribution in [-0.4, -0.2) is 25.3 Å². The van der Waals surface area contributed by atoms with Gasteiger partial charge in [0.15, 0.2) is 0 Å². The molecule has 0 saturated heterocycles. The third kappa shape index (κ3) is 4.23. The third-order valence-electron chi connectivity index (χ3n) is 5.05. The van der Waals surface area contributed by atoms with Crippen LogP contribution < -0.4 is 4.72 Å². The summed E-state index contributed by atoms with van der Waals surface area (Å²) >= 11 is 0. The number of sulfonamides is 1. The van der Waals surface area contributed by atoms with Crippen LogP contribution in [-0.2, 0) is 10.0 Å². The third-order valence-corrected chi connectivity index (χ3v) is 6.45. The highest BCUT2D eigenvalue weighted by Gasteiger charge is 2.37. The van der Waals surface area contributed by atoms with Gasteiger partial charge in [-0.1, -0.05) is 0 Å². The Bertz CT molecular complexity index is 1120. The summed E-state index contributed by atoms with van der Waals surface area (Å²) in [7, 11) is -3.85. The number of carbonyl (C=O) groups excluding carboxylic acids is 1. The van der Waals surface area contributed by atoms with Crippen LogP contribution >= 0.6 is 0 Å². The number of amides is 1. The normalized spacial score (nSPS) is 14.9. The van der Waals surface area contributed by atoms with E-state index in [1.165, 1.54) is 24.3 Å². The molecule has 1 aromatic heterocycles. The smallest absolute Gasteiger partial charge is 0.261 e. The lowest BCUT2D eigenvalue weighted by molar-refractivity contribution is 0.0652. The fourth-order valence-corrected chi connectivity index (χ4v) is 4.39. The molecule has 0 bridgehead atoms. The zero-order chi connectivity index (χ0) is 21.3. The molecule has 0 aliphatic heterocycles. The predicted octanol–water partition coefficient (Wildman–Crippen LogP) is 4.59. The topological polar surface area (TPSA) is 79.6 Å². The van der Waals surface area contributed by atoms with Crippen LogP contribution in [0, 0.1) is 5.82 Å². The number of halogens is 1. The van der Waals surface area contributed by atoms with E-state index in [2.05, 4.69) is 4.72 Å². The zero-order valence-electron chi connectivity index (χ0n) is 16.3. The summed E-state index contributed by atoms with van der Waals surface area (Å²) in [6.07, 6.45) is 3.49. The molecule has 1 N–H and O–H groups in total. The van der Waals surface area contributed by atoms with Gasteiger partial charge in [-0.15, -0.1) is 0 Å². The quantitative estimate of drug-likeness (QED) is 0.597. The number of anilines is 1. The minimum absolute atomic E-state index is 0.0452. The van der Waals surface area contributed by atoms with E-state index in [-0.39, 0.29) is 22.9 Å². The molecule has 0 unspecified atom stereocenters. The molecule has 0 spiro atoms. The van der Waals surface area contributed by atoms with Gasteiger partial charge in [-0.25, -0.2) is 12.8 Å². The van der Waals surface area contributed by atoms with Crippen molar-refractivity contribution in [2.45, 2.75) is 36.7 Å². The van der Waals surface area contributed by atoms with E-state index < -0.39 is 15.8 Å². The number of furan rings is 1. The molecule has 4 rings (SSSR count). The predicted molar refractivity (Wildman–Crippen MR) is 110 cm³/mol. The van der Waals surface area contributed by atoms with Crippen molar-refractivity contribution >= 4 is 21.6 Å². The molecule has 3 aromatic rings. The van der Waals surface area contributed by atoms with Crippen molar-refractivity contribution in [1.29, 1.82) is 0 Å². The highest BCUT2D eigenvalue weighted by atomic mass is 32.2. The summed E-state index contributed by atoms with van der Waals surface area (Å²) in [6.45, 7) is 1.93. The number of hydrogen-bond donors (Lipinski definition) is 1. The molecule has 2 aromatic carbocycles. The molecule has 156 valence electrons. The summed E-state index contributed by atoms with van der Waals surface area (Å²) in [5.41, 5.74) is 0.776. The number of nitrogens with one attached hydrogen (secondary N) is 1. The van der Waals surface area contributed by atoms with Crippen LogP contribution in [0.1, 0.15) is 41.9 Å². The fraction of sp³-hybridized carbons (Fsp3) is 0.227. The van der Waals surface area contributed by atoms with Gasteiger partial charge in [0.2, 0.25) is 0 Å². The number of hydrogen-bond acceptors (Lipinski definition) is 4. The van der Waals surface area contributed by atoms with E-state index in [1.807, 2.05) is 17.9 Å². The van der Waals surface area contributed by atoms with Crippen LogP contribution in [0.2, 0.25) is 0 Å². The molecule has 1 aliphatic rings. The lowest BCUT2D eigenvalue weighted by Gasteiger charge is -2.28. The Hall–Kier alpha value is -3.13. The Kier molecular flexibility index (Phi) is 5.34. The van der Waals surface area contributed by atoms with E-state index in [9.17, 15) is 17.6 Å². The van der Waals surface area contributed by atoms with E-state index in [4.69, 9.17) is 4.42 Å². The number of carbonyl (C=O) groups is 1. The van der Waals surface area contributed by atoms with Gasteiger partial charge in [-0.05, 0) is 80.4 Å². The van der Waals surface area contributed by atoms with E-state index in [0.717, 1.165) is 30.7 Å². The highest BCUT2D eigenvalue weighted by Crippen LogP contribution is 2.36. The van der Waals surface area contributed by atoms with Crippen LogP contribution in [0.5, 0.6) is 0 Å². The number of nitrogens with zero attached hydrogens (tertiary/aromatic N) is 1. The Balaban J connectivity index is 1.51. The summed E-state index contributed by atoms with van der Waals surface area (Å²) in [6, 6.07) is 14.4. The molecule has 1 amide bonds. The molecule has 30 heavy (non-hydrogen) atoms. The van der Waals surface area contributed by atoms with Gasteiger partial charge < -0.3 is 9.32 Å². The van der Waals surface area contributed by atoms with Crippen molar-refractivity contribution < 1.29 is 22.0 Å². The molecule has 8 heteroatoms. The van der Waals surface area contributed by atoms with Gasteiger partial charge in [0.1, 0.15) is 11.6 Å². The van der Waals surface area contributed by atoms with Crippen molar-refractivity contribution in [3.63, 3.8) is 0 Å². The van der Waals surface area contributed by atoms with E-state index in [1.54, 1.807) is 24.5 Å². The lowest BCUT2D eigenvalue weighted by Crippen LogP contribution is -2.35. The second-order valence-electron chi connectivity index (χ2n) is 7.27. The summed E-state index contributed by atoms with van der Waals surface area (Å²) < 4.78 is 45.8. The van der Waals surface area contributed by atoms with Crippen molar-refractivity contribution in [2.75, 3.05) is 4.72 Å². The molecule has 0 radical (unpaired) electrons. The van der Waals surface area contributed by atoms with Crippen molar-refractivity contribution in [1.82, 2.24) is 4.90 Å². The minimum atomic E-state index is -3.85. The minimum Gasteiger partial charge on any atom is -0.467 e. The Morgan fingerprint density at radius 1 is 1.10 bits per heavy atom. The fourth-order valence-electron chi connectivity index (χ4n) is 3.33. The van der Waals surface area contributed by atoms with E-state index in [0.29, 0.717) is 11.3 Å². The molecule has 1 fully saturated rings. The lowest BCUT2D eigenvalue weighted by atomic mass is 10.1. The van der Waals surface area contributed by atoms with Crippen molar-refractivity contribution in [3.8, 4) is 0 Å². The maximum Gasteiger partial charge on any atom is 0.261 e. The Morgan fingerprint density at radius 2 is 1.77 bits per heavy atom. The van der Waals surface area contributed by atoms with Gasteiger partial charge in [-0.3, -0.25) is 9.52 Å². The van der Waals surface area contributed by atoms with Crippen LogP contribution in [0.3, 0.4) is 0 Å². The summed E-state index contributed by atoms with van der Waals surface area (Å²) in [4.78, 5) is 14.9. The van der Waals surface area contributed by atoms with Crippen molar-refractivity contribution in [3.05, 3.63) is 84.1 Å². The SMILES string of the molecule is C[C@H](c1ccco1)N(C(=O)c1ccc(NS(=O)(=O)c2ccc(F)cc2)cc1)C1CC1. The first kappa shape index (κ1) is 20.2. The molecular formula is C22H21FN2O4S. The van der Waals surface area contributed by atoms with Gasteiger partial charge in [0.25, 0.3) is 15.9 Å². The van der Waals surface area contributed by atoms with Gasteiger partial charge in [0.05, 0.1) is 17.2 Å². The van der Waals surface area contributed by atoms with Gasteiger partial charge in [-0.2, -0.15) is 0 Å². The van der Waals surface area contributed by atoms with Gasteiger partial charge in [0, 0.05) is 17.3 Å². The molecule has 1 aliphatic carbocycles. The number of rotatable bonds is 7. The molecular weight excluding hydrogens is 407 g/mol. The monoisotopic (exact) mass is 428 g/mol. The molecule has 1 saturated carbocycles. The highest BCUT2D eigenvalue weighted by molar-refractivity contribution is 7.92. The Labute approximate surface area is 174 Å². The molecule has 1 heterocycles. The van der Waals surface area contributed by atoms with Gasteiger partial charge >= 0.3 is 0 Å². The zero-order valence-corrected chi connectivity index (χ0v) is 17.1. The average molecular weight is 428 g/mol. The summed E-state index contributed by atoms with van der Waals surface area (Å²) in [5.74, 6) is 0.0779. The van der Waals surface area contributed by atoms with E-state index >= 15 is 0 Å². The average Bonchev–Trinajstić information content (AvgIpc) is 3.39.